The van der Waals surface area contributed by atoms with Gasteiger partial charge < -0.3 is 9.52 Å². The maximum absolute atomic E-state index is 13.8. The second-order valence-electron chi connectivity index (χ2n) is 7.71. The van der Waals surface area contributed by atoms with Crippen LogP contribution in [0.15, 0.2) is 58.2 Å². The Morgan fingerprint density at radius 2 is 2.06 bits per heavy atom. The van der Waals surface area contributed by atoms with Crippen molar-refractivity contribution in [1.82, 2.24) is 14.5 Å². The summed E-state index contributed by atoms with van der Waals surface area (Å²) >= 11 is 7.38. The number of aromatic nitrogens is 3. The maximum atomic E-state index is 13.8. The van der Waals surface area contributed by atoms with Gasteiger partial charge in [-0.25, -0.2) is 9.97 Å². The molecule has 1 fully saturated rings. The molecule has 0 aliphatic heterocycles. The number of phenolic OH excluding ortho intramolecular Hbond substituents is 1. The molecule has 154 valence electrons. The summed E-state index contributed by atoms with van der Waals surface area (Å²) in [4.78, 5) is 23.3. The fourth-order valence-electron chi connectivity index (χ4n) is 4.06. The fraction of sp³-hybridized carbons (Fsp3) is 0.174. The zero-order chi connectivity index (χ0) is 21.1. The Labute approximate surface area is 185 Å². The molecule has 3 heterocycles. The molecule has 1 saturated carbocycles. The maximum Gasteiger partial charge on any atom is 0.263 e. The van der Waals surface area contributed by atoms with Crippen LogP contribution in [-0.4, -0.2) is 19.6 Å². The van der Waals surface area contributed by atoms with Crippen molar-refractivity contribution in [3.8, 4) is 17.1 Å². The van der Waals surface area contributed by atoms with Gasteiger partial charge in [0.2, 0.25) is 0 Å². The highest BCUT2D eigenvalue weighted by Gasteiger charge is 2.28. The predicted molar refractivity (Wildman–Crippen MR) is 121 cm³/mol. The van der Waals surface area contributed by atoms with Crippen LogP contribution in [0.3, 0.4) is 0 Å². The first-order chi connectivity index (χ1) is 15.1. The van der Waals surface area contributed by atoms with E-state index in [0.717, 1.165) is 18.4 Å². The molecule has 6 nitrogen and oxygen atoms in total. The number of hydrogen-bond acceptors (Lipinski definition) is 6. The van der Waals surface area contributed by atoms with Gasteiger partial charge in [0, 0.05) is 10.9 Å². The van der Waals surface area contributed by atoms with Crippen LogP contribution in [0.2, 0.25) is 5.02 Å². The summed E-state index contributed by atoms with van der Waals surface area (Å²) in [6.07, 6.45) is 5.23. The molecule has 1 aliphatic rings. The van der Waals surface area contributed by atoms with Crippen LogP contribution >= 0.6 is 22.9 Å². The van der Waals surface area contributed by atoms with Crippen molar-refractivity contribution < 1.29 is 9.52 Å². The molecule has 2 aromatic carbocycles. The van der Waals surface area contributed by atoms with Gasteiger partial charge in [-0.15, -0.1) is 11.3 Å². The number of oxazole rings is 1. The second-order valence-corrected chi connectivity index (χ2v) is 9.12. The van der Waals surface area contributed by atoms with Crippen molar-refractivity contribution in [2.45, 2.75) is 25.3 Å². The molecule has 6 rings (SSSR count). The number of thiophene rings is 1. The zero-order valence-corrected chi connectivity index (χ0v) is 17.8. The first kappa shape index (κ1) is 18.6. The highest BCUT2D eigenvalue weighted by molar-refractivity contribution is 7.25. The molecule has 0 atom stereocenters. The molecule has 0 amide bonds. The highest BCUT2D eigenvalue weighted by Crippen LogP contribution is 2.45. The first-order valence-corrected chi connectivity index (χ1v) is 11.1. The number of hydrogen-bond donors (Lipinski definition) is 1. The molecule has 0 radical (unpaired) electrons. The molecule has 3 aromatic heterocycles. The monoisotopic (exact) mass is 449 g/mol. The van der Waals surface area contributed by atoms with Crippen LogP contribution in [0, 0.1) is 0 Å². The molecule has 0 bridgehead atoms. The Morgan fingerprint density at radius 3 is 2.84 bits per heavy atom. The minimum absolute atomic E-state index is 0.0247. The Balaban J connectivity index is 1.70. The SMILES string of the molecule is O=c1c2c(nc(-c3ccccc3C3CC3)n1Cc1cnco1)sc1c(O)c(Cl)ccc12. The Hall–Kier alpha value is -3.16. The molecule has 8 heteroatoms. The van der Waals surface area contributed by atoms with Crippen molar-refractivity contribution in [3.05, 3.63) is 75.7 Å². The van der Waals surface area contributed by atoms with Gasteiger partial charge in [-0.1, -0.05) is 41.9 Å². The Bertz CT molecular complexity index is 1520. The third-order valence-electron chi connectivity index (χ3n) is 5.70. The first-order valence-electron chi connectivity index (χ1n) is 9.93. The third kappa shape index (κ3) is 2.96. The third-order valence-corrected chi connectivity index (χ3v) is 7.11. The van der Waals surface area contributed by atoms with Gasteiger partial charge in [0.25, 0.3) is 5.56 Å². The van der Waals surface area contributed by atoms with Gasteiger partial charge in [-0.2, -0.15) is 0 Å². The summed E-state index contributed by atoms with van der Waals surface area (Å²) in [7, 11) is 0. The van der Waals surface area contributed by atoms with Gasteiger partial charge in [-0.05, 0) is 30.4 Å². The lowest BCUT2D eigenvalue weighted by Gasteiger charge is -2.14. The topological polar surface area (TPSA) is 81.2 Å². The van der Waals surface area contributed by atoms with E-state index in [1.54, 1.807) is 22.9 Å². The van der Waals surface area contributed by atoms with Crippen LogP contribution < -0.4 is 5.56 Å². The van der Waals surface area contributed by atoms with Crippen molar-refractivity contribution in [3.63, 3.8) is 0 Å². The summed E-state index contributed by atoms with van der Waals surface area (Å²) in [5, 5.41) is 11.8. The standard InChI is InChI=1S/C23H16ClN3O3S/c24-17-8-7-16-18-22(31-20(16)19(17)28)26-21(15-4-2-1-3-14(15)12-5-6-12)27(23(18)29)10-13-9-25-11-30-13/h1-4,7-9,11-12,28H,5-6,10H2. The van der Waals surface area contributed by atoms with Crippen LogP contribution in [0.5, 0.6) is 5.75 Å². The molecular weight excluding hydrogens is 434 g/mol. The summed E-state index contributed by atoms with van der Waals surface area (Å²) in [6.45, 7) is 0.215. The van der Waals surface area contributed by atoms with Gasteiger partial charge in [0.15, 0.2) is 12.1 Å². The zero-order valence-electron chi connectivity index (χ0n) is 16.2. The van der Waals surface area contributed by atoms with E-state index >= 15 is 0 Å². The Kier molecular flexibility index (Phi) is 4.16. The molecule has 0 unspecified atom stereocenters. The number of nitrogens with zero attached hydrogens (tertiary/aromatic N) is 3. The van der Waals surface area contributed by atoms with Gasteiger partial charge in [-0.3, -0.25) is 9.36 Å². The molecule has 1 aliphatic carbocycles. The van der Waals surface area contributed by atoms with Crippen LogP contribution in [0.1, 0.15) is 30.1 Å². The summed E-state index contributed by atoms with van der Waals surface area (Å²) in [5.74, 6) is 1.63. The lowest BCUT2D eigenvalue weighted by atomic mass is 10.0. The highest BCUT2D eigenvalue weighted by atomic mass is 35.5. The second kappa shape index (κ2) is 6.93. The number of aromatic hydroxyl groups is 1. The lowest BCUT2D eigenvalue weighted by Crippen LogP contribution is -2.24. The number of halogens is 1. The van der Waals surface area contributed by atoms with E-state index in [2.05, 4.69) is 11.1 Å². The van der Waals surface area contributed by atoms with Gasteiger partial charge in [0.1, 0.15) is 16.4 Å². The minimum atomic E-state index is -0.185. The molecule has 31 heavy (non-hydrogen) atoms. The summed E-state index contributed by atoms with van der Waals surface area (Å²) in [6, 6.07) is 11.5. The van der Waals surface area contributed by atoms with Crippen molar-refractivity contribution in [2.24, 2.45) is 0 Å². The number of benzene rings is 2. The van der Waals surface area contributed by atoms with E-state index in [1.165, 1.54) is 23.3 Å². The van der Waals surface area contributed by atoms with Crippen LogP contribution in [0.25, 0.3) is 31.7 Å². The van der Waals surface area contributed by atoms with Gasteiger partial charge in [0.05, 0.1) is 27.9 Å². The van der Waals surface area contributed by atoms with Crippen molar-refractivity contribution >= 4 is 43.2 Å². The summed E-state index contributed by atoms with van der Waals surface area (Å²) < 4.78 is 7.64. The van der Waals surface area contributed by atoms with Crippen molar-refractivity contribution in [2.75, 3.05) is 0 Å². The molecule has 0 saturated heterocycles. The van der Waals surface area contributed by atoms with Crippen LogP contribution in [-0.2, 0) is 6.54 Å². The smallest absolute Gasteiger partial charge is 0.263 e. The molecular formula is C23H16ClN3O3S. The summed E-state index contributed by atoms with van der Waals surface area (Å²) in [5.41, 5.74) is 1.96. The number of fused-ring (bicyclic) bond motifs is 3. The van der Waals surface area contributed by atoms with E-state index in [1.807, 2.05) is 18.2 Å². The van der Waals surface area contributed by atoms with E-state index < -0.39 is 0 Å². The largest absolute Gasteiger partial charge is 0.505 e. The van der Waals surface area contributed by atoms with Crippen molar-refractivity contribution in [1.29, 1.82) is 0 Å². The normalized spacial score (nSPS) is 14.0. The fourth-order valence-corrected chi connectivity index (χ4v) is 5.39. The van der Waals surface area contributed by atoms with E-state index in [4.69, 9.17) is 21.0 Å². The number of phenols is 1. The Morgan fingerprint density at radius 1 is 1.23 bits per heavy atom. The van der Waals surface area contributed by atoms with E-state index in [-0.39, 0.29) is 22.9 Å². The van der Waals surface area contributed by atoms with Gasteiger partial charge >= 0.3 is 0 Å². The van der Waals surface area contributed by atoms with Crippen LogP contribution in [0.4, 0.5) is 0 Å². The average molecular weight is 450 g/mol. The lowest BCUT2D eigenvalue weighted by molar-refractivity contribution is 0.482. The molecule has 5 aromatic rings. The molecule has 1 N–H and O–H groups in total. The predicted octanol–water partition coefficient (Wildman–Crippen LogP) is 5.55. The minimum Gasteiger partial charge on any atom is -0.505 e. The quantitative estimate of drug-likeness (QED) is 0.389. The molecule has 0 spiro atoms. The van der Waals surface area contributed by atoms with E-state index in [9.17, 15) is 9.90 Å². The average Bonchev–Trinajstić information content (AvgIpc) is 3.36. The number of rotatable bonds is 4. The van der Waals surface area contributed by atoms with E-state index in [0.29, 0.717) is 37.8 Å².